The summed E-state index contributed by atoms with van der Waals surface area (Å²) in [6.45, 7) is 2.14. The van der Waals surface area contributed by atoms with Crippen molar-refractivity contribution >= 4 is 52.7 Å². The molecule has 0 unspecified atom stereocenters. The van der Waals surface area contributed by atoms with Gasteiger partial charge < -0.3 is 4.90 Å². The molecule has 0 aliphatic rings. The van der Waals surface area contributed by atoms with E-state index in [1.54, 1.807) is 0 Å². The monoisotopic (exact) mass is 469 g/mol. The van der Waals surface area contributed by atoms with Crippen molar-refractivity contribution in [2.45, 2.75) is 6.92 Å². The lowest BCUT2D eigenvalue weighted by atomic mass is 10.1. The van der Waals surface area contributed by atoms with Crippen molar-refractivity contribution < 1.29 is 0 Å². The molecule has 0 N–H and O–H groups in total. The molecule has 0 radical (unpaired) electrons. The minimum absolute atomic E-state index is 1.13. The second kappa shape index (κ2) is 10.9. The van der Waals surface area contributed by atoms with Gasteiger partial charge in [-0.15, -0.1) is 11.3 Å². The number of para-hydroxylation sites is 2. The molecule has 5 aromatic rings. The van der Waals surface area contributed by atoms with E-state index < -0.39 is 0 Å². The molecular weight excluding hydrogens is 442 g/mol. The third kappa shape index (κ3) is 5.87. The molecule has 1 heterocycles. The highest BCUT2D eigenvalue weighted by atomic mass is 32.1. The van der Waals surface area contributed by atoms with E-state index in [0.717, 1.165) is 22.6 Å². The van der Waals surface area contributed by atoms with Crippen LogP contribution < -0.4 is 4.90 Å². The van der Waals surface area contributed by atoms with Crippen molar-refractivity contribution in [1.29, 1.82) is 0 Å². The zero-order chi connectivity index (χ0) is 23.9. The van der Waals surface area contributed by atoms with Gasteiger partial charge in [-0.2, -0.15) is 0 Å². The van der Waals surface area contributed by atoms with Crippen LogP contribution in [-0.2, 0) is 0 Å². The molecule has 2 heteroatoms. The largest absolute Gasteiger partial charge is 0.310 e. The lowest BCUT2D eigenvalue weighted by molar-refractivity contribution is 1.28. The van der Waals surface area contributed by atoms with Gasteiger partial charge in [0.15, 0.2) is 0 Å². The van der Waals surface area contributed by atoms with Gasteiger partial charge in [0, 0.05) is 26.8 Å². The van der Waals surface area contributed by atoms with E-state index in [1.807, 2.05) is 11.3 Å². The molecule has 1 aromatic heterocycles. The van der Waals surface area contributed by atoms with Crippen LogP contribution in [0.15, 0.2) is 121 Å². The third-order valence-corrected chi connectivity index (χ3v) is 6.73. The minimum atomic E-state index is 1.13. The van der Waals surface area contributed by atoms with Crippen LogP contribution in [0, 0.1) is 6.92 Å². The Balaban J connectivity index is 1.35. The lowest BCUT2D eigenvalue weighted by Crippen LogP contribution is -2.09. The van der Waals surface area contributed by atoms with Crippen molar-refractivity contribution in [2.24, 2.45) is 0 Å². The summed E-state index contributed by atoms with van der Waals surface area (Å²) in [5, 5.41) is 0. The van der Waals surface area contributed by atoms with Crippen LogP contribution in [0.4, 0.5) is 17.1 Å². The molecule has 0 aliphatic carbocycles. The van der Waals surface area contributed by atoms with E-state index in [9.17, 15) is 0 Å². The quantitative estimate of drug-likeness (QED) is 0.214. The predicted octanol–water partition coefficient (Wildman–Crippen LogP) is 9.87. The van der Waals surface area contributed by atoms with Gasteiger partial charge in [0.2, 0.25) is 0 Å². The van der Waals surface area contributed by atoms with Gasteiger partial charge in [-0.05, 0) is 78.2 Å². The number of rotatable bonds is 7. The molecule has 0 spiro atoms. The van der Waals surface area contributed by atoms with E-state index in [4.69, 9.17) is 0 Å². The number of thiophene rings is 1. The van der Waals surface area contributed by atoms with Gasteiger partial charge in [-0.25, -0.2) is 0 Å². The number of nitrogens with zero attached hydrogens (tertiary/aromatic N) is 1. The maximum Gasteiger partial charge on any atom is 0.0467 e. The average molecular weight is 470 g/mol. The Morgan fingerprint density at radius 3 is 1.60 bits per heavy atom. The molecule has 170 valence electrons. The van der Waals surface area contributed by atoms with E-state index in [-0.39, 0.29) is 0 Å². The first-order chi connectivity index (χ1) is 17.2. The highest BCUT2D eigenvalue weighted by molar-refractivity contribution is 7.12. The summed E-state index contributed by atoms with van der Waals surface area (Å²) in [5.74, 6) is 0. The fourth-order valence-electron chi connectivity index (χ4n) is 4.00. The Morgan fingerprint density at radius 2 is 1.03 bits per heavy atom. The van der Waals surface area contributed by atoms with Gasteiger partial charge >= 0.3 is 0 Å². The maximum absolute atomic E-state index is 2.29. The second-order valence-corrected chi connectivity index (χ2v) is 9.70. The van der Waals surface area contributed by atoms with E-state index >= 15 is 0 Å². The first kappa shape index (κ1) is 22.6. The Hall–Kier alpha value is -4.14. The van der Waals surface area contributed by atoms with Crippen LogP contribution in [0.1, 0.15) is 26.4 Å². The first-order valence-corrected chi connectivity index (χ1v) is 12.6. The lowest BCUT2D eigenvalue weighted by Gasteiger charge is -2.25. The van der Waals surface area contributed by atoms with Crippen molar-refractivity contribution in [3.05, 3.63) is 148 Å². The molecule has 0 aliphatic heterocycles. The molecule has 5 rings (SSSR count). The van der Waals surface area contributed by atoms with Crippen LogP contribution in [0.25, 0.3) is 24.3 Å². The maximum atomic E-state index is 2.29. The second-order valence-electron chi connectivity index (χ2n) is 8.38. The summed E-state index contributed by atoms with van der Waals surface area (Å²) in [6.07, 6.45) is 8.70. The molecule has 0 saturated heterocycles. The topological polar surface area (TPSA) is 3.24 Å². The Labute approximate surface area is 212 Å². The molecule has 0 fully saturated rings. The number of benzene rings is 4. The van der Waals surface area contributed by atoms with Crippen LogP contribution in [-0.4, -0.2) is 0 Å². The Bertz CT molecular complexity index is 1390. The van der Waals surface area contributed by atoms with Gasteiger partial charge in [0.05, 0.1) is 0 Å². The highest BCUT2D eigenvalue weighted by Crippen LogP contribution is 2.34. The van der Waals surface area contributed by atoms with Gasteiger partial charge in [-0.1, -0.05) is 91.0 Å². The highest BCUT2D eigenvalue weighted by Gasteiger charge is 2.11. The van der Waals surface area contributed by atoms with Crippen molar-refractivity contribution in [1.82, 2.24) is 0 Å². The minimum Gasteiger partial charge on any atom is -0.310 e. The predicted molar refractivity (Wildman–Crippen MR) is 154 cm³/mol. The van der Waals surface area contributed by atoms with Crippen LogP contribution in [0.3, 0.4) is 0 Å². The van der Waals surface area contributed by atoms with E-state index in [0.29, 0.717) is 0 Å². The fourth-order valence-corrected chi connectivity index (χ4v) is 4.78. The molecular formula is C33H27NS. The summed E-state index contributed by atoms with van der Waals surface area (Å²) in [4.78, 5) is 4.91. The number of hydrogen-bond donors (Lipinski definition) is 0. The number of aryl methyl sites for hydroxylation is 1. The zero-order valence-electron chi connectivity index (χ0n) is 19.7. The summed E-state index contributed by atoms with van der Waals surface area (Å²) >= 11 is 1.81. The summed E-state index contributed by atoms with van der Waals surface area (Å²) < 4.78 is 0. The third-order valence-electron chi connectivity index (χ3n) is 5.76. The van der Waals surface area contributed by atoms with Gasteiger partial charge in [0.25, 0.3) is 0 Å². The molecule has 35 heavy (non-hydrogen) atoms. The van der Waals surface area contributed by atoms with Crippen LogP contribution >= 0.6 is 11.3 Å². The number of anilines is 3. The first-order valence-electron chi connectivity index (χ1n) is 11.8. The Morgan fingerprint density at radius 1 is 0.486 bits per heavy atom. The molecule has 0 bridgehead atoms. The van der Waals surface area contributed by atoms with Crippen LogP contribution in [0.5, 0.6) is 0 Å². The Kier molecular flexibility index (Phi) is 7.02. The smallest absolute Gasteiger partial charge is 0.0467 e. The van der Waals surface area contributed by atoms with Crippen molar-refractivity contribution in [3.8, 4) is 0 Å². The van der Waals surface area contributed by atoms with E-state index in [2.05, 4.69) is 157 Å². The molecule has 0 amide bonds. The normalized spacial score (nSPS) is 11.3. The van der Waals surface area contributed by atoms with Gasteiger partial charge in [0.1, 0.15) is 0 Å². The fraction of sp³-hybridized carbons (Fsp3) is 0.0303. The molecule has 0 saturated carbocycles. The van der Waals surface area contributed by atoms with Crippen LogP contribution in [0.2, 0.25) is 0 Å². The van der Waals surface area contributed by atoms with Crippen molar-refractivity contribution in [2.75, 3.05) is 4.90 Å². The number of hydrogen-bond acceptors (Lipinski definition) is 2. The van der Waals surface area contributed by atoms with Gasteiger partial charge in [-0.3, -0.25) is 0 Å². The zero-order valence-corrected chi connectivity index (χ0v) is 20.5. The molecule has 0 atom stereocenters. The molecule has 4 aromatic carbocycles. The summed E-state index contributed by atoms with van der Waals surface area (Å²) in [5.41, 5.74) is 6.96. The standard InChI is InChI=1S/C33H27NS/c1-26-15-23-33(35-26)24-22-28-18-16-27(17-19-28)20-21-29-9-8-14-32(25-29)34(30-10-4-2-5-11-30)31-12-6-3-7-13-31/h2-25H,1H3. The molecule has 1 nitrogen and oxygen atoms in total. The average Bonchev–Trinajstić information content (AvgIpc) is 3.33. The van der Waals surface area contributed by atoms with E-state index in [1.165, 1.54) is 20.9 Å². The summed E-state index contributed by atoms with van der Waals surface area (Å²) in [7, 11) is 0. The van der Waals surface area contributed by atoms with Crippen molar-refractivity contribution in [3.63, 3.8) is 0 Å². The SMILES string of the molecule is Cc1ccc(C=Cc2ccc(C=Cc3cccc(N(c4ccccc4)c4ccccc4)c3)cc2)s1. The summed E-state index contributed by atoms with van der Waals surface area (Å²) in [6, 6.07) is 42.6.